The van der Waals surface area contributed by atoms with Crippen molar-refractivity contribution in [3.8, 4) is 11.5 Å². The van der Waals surface area contributed by atoms with Crippen molar-refractivity contribution in [1.82, 2.24) is 14.7 Å². The first-order valence-electron chi connectivity index (χ1n) is 12.5. The molecule has 9 heteroatoms. The maximum atomic E-state index is 13.7. The largest absolute Gasteiger partial charge is 0.467 e. The first-order chi connectivity index (χ1) is 18.2. The summed E-state index contributed by atoms with van der Waals surface area (Å²) in [5.41, 5.74) is 1.46. The van der Waals surface area contributed by atoms with Crippen LogP contribution in [-0.2, 0) is 22.6 Å². The van der Waals surface area contributed by atoms with Crippen LogP contribution in [0.25, 0.3) is 0 Å². The van der Waals surface area contributed by atoms with E-state index in [0.717, 1.165) is 18.7 Å². The molecule has 0 aliphatic carbocycles. The van der Waals surface area contributed by atoms with Gasteiger partial charge in [-0.2, -0.15) is 0 Å². The van der Waals surface area contributed by atoms with Crippen molar-refractivity contribution in [2.24, 2.45) is 0 Å². The van der Waals surface area contributed by atoms with Gasteiger partial charge in [-0.1, -0.05) is 24.3 Å². The lowest BCUT2D eigenvalue weighted by atomic mass is 10.1. The zero-order chi connectivity index (χ0) is 25.5. The molecule has 0 bridgehead atoms. The van der Waals surface area contributed by atoms with Crippen LogP contribution in [0.15, 0.2) is 71.3 Å². The van der Waals surface area contributed by atoms with Crippen molar-refractivity contribution in [1.29, 1.82) is 0 Å². The Kier molecular flexibility index (Phi) is 8.02. The van der Waals surface area contributed by atoms with E-state index in [1.54, 1.807) is 34.3 Å². The molecule has 3 aromatic rings. The Morgan fingerprint density at radius 1 is 0.865 bits per heavy atom. The van der Waals surface area contributed by atoms with Crippen LogP contribution in [0.4, 0.5) is 0 Å². The van der Waals surface area contributed by atoms with E-state index >= 15 is 0 Å². The molecular weight excluding hydrogens is 474 g/mol. The van der Waals surface area contributed by atoms with Crippen molar-refractivity contribution in [2.75, 3.05) is 52.7 Å². The van der Waals surface area contributed by atoms with Gasteiger partial charge in [0, 0.05) is 38.3 Å². The second-order valence-electron chi connectivity index (χ2n) is 9.06. The van der Waals surface area contributed by atoms with E-state index in [1.807, 2.05) is 42.5 Å². The Morgan fingerprint density at radius 3 is 2.46 bits per heavy atom. The predicted molar refractivity (Wildman–Crippen MR) is 135 cm³/mol. The normalized spacial score (nSPS) is 14.9. The van der Waals surface area contributed by atoms with Crippen LogP contribution >= 0.6 is 0 Å². The standard InChI is InChI=1S/C28H31N3O6/c32-27(20-30(11-10-29-12-15-34-16-13-29)28(33)23-5-2-1-3-6-23)31(19-24-7-4-14-35-24)18-22-8-9-25-26(17-22)37-21-36-25/h1-9,14,17H,10-13,15-16,18-21H2. The highest BCUT2D eigenvalue weighted by molar-refractivity contribution is 5.96. The first kappa shape index (κ1) is 24.9. The van der Waals surface area contributed by atoms with E-state index < -0.39 is 0 Å². The third-order valence-corrected chi connectivity index (χ3v) is 6.51. The summed E-state index contributed by atoms with van der Waals surface area (Å²) in [6, 6.07) is 18.4. The second-order valence-corrected chi connectivity index (χ2v) is 9.06. The summed E-state index contributed by atoms with van der Waals surface area (Å²) in [5, 5.41) is 0. The van der Waals surface area contributed by atoms with Crippen molar-refractivity contribution in [2.45, 2.75) is 13.1 Å². The number of rotatable bonds is 10. The molecule has 0 N–H and O–H groups in total. The van der Waals surface area contributed by atoms with Crippen molar-refractivity contribution in [3.05, 3.63) is 83.8 Å². The van der Waals surface area contributed by atoms with Crippen molar-refractivity contribution in [3.63, 3.8) is 0 Å². The summed E-state index contributed by atoms with van der Waals surface area (Å²) in [6.45, 7) is 4.89. The topological polar surface area (TPSA) is 84.7 Å². The number of benzene rings is 2. The van der Waals surface area contributed by atoms with Gasteiger partial charge in [0.15, 0.2) is 11.5 Å². The SMILES string of the molecule is O=C(CN(CCN1CCOCC1)C(=O)c1ccccc1)N(Cc1ccc2c(c1)OCO2)Cc1ccco1. The Morgan fingerprint density at radius 2 is 1.68 bits per heavy atom. The van der Waals surface area contributed by atoms with Gasteiger partial charge >= 0.3 is 0 Å². The molecular formula is C28H31N3O6. The number of carbonyl (C=O) groups is 2. The van der Waals surface area contributed by atoms with E-state index in [4.69, 9.17) is 18.6 Å². The lowest BCUT2D eigenvalue weighted by Gasteiger charge is -2.31. The monoisotopic (exact) mass is 505 g/mol. The van der Waals surface area contributed by atoms with Crippen LogP contribution in [-0.4, -0.2) is 79.2 Å². The molecule has 1 saturated heterocycles. The fraction of sp³-hybridized carbons (Fsp3) is 0.357. The van der Waals surface area contributed by atoms with E-state index in [-0.39, 0.29) is 31.7 Å². The second kappa shape index (κ2) is 11.9. The van der Waals surface area contributed by atoms with Gasteiger partial charge in [0.2, 0.25) is 12.7 Å². The lowest BCUT2D eigenvalue weighted by molar-refractivity contribution is -0.133. The Labute approximate surface area is 216 Å². The lowest BCUT2D eigenvalue weighted by Crippen LogP contribution is -2.47. The minimum atomic E-state index is -0.166. The van der Waals surface area contributed by atoms with Crippen molar-refractivity contribution >= 4 is 11.8 Å². The van der Waals surface area contributed by atoms with Crippen LogP contribution in [0, 0.1) is 0 Å². The van der Waals surface area contributed by atoms with Crippen LogP contribution in [0.1, 0.15) is 21.7 Å². The molecule has 0 atom stereocenters. The fourth-order valence-electron chi connectivity index (χ4n) is 4.45. The highest BCUT2D eigenvalue weighted by Gasteiger charge is 2.25. The number of amides is 2. The Hall–Kier alpha value is -3.82. The van der Waals surface area contributed by atoms with Gasteiger partial charge in [0.05, 0.1) is 26.0 Å². The third-order valence-electron chi connectivity index (χ3n) is 6.51. The molecule has 2 amide bonds. The van der Waals surface area contributed by atoms with E-state index in [1.165, 1.54) is 0 Å². The maximum Gasteiger partial charge on any atom is 0.254 e. The predicted octanol–water partition coefficient (Wildman–Crippen LogP) is 3.01. The van der Waals surface area contributed by atoms with Gasteiger partial charge in [0.25, 0.3) is 5.91 Å². The van der Waals surface area contributed by atoms with Gasteiger partial charge in [0.1, 0.15) is 12.3 Å². The molecule has 2 aliphatic heterocycles. The molecule has 0 saturated carbocycles. The molecule has 3 heterocycles. The number of hydrogen-bond acceptors (Lipinski definition) is 7. The summed E-state index contributed by atoms with van der Waals surface area (Å²) >= 11 is 0. The summed E-state index contributed by atoms with van der Waals surface area (Å²) in [7, 11) is 0. The number of ether oxygens (including phenoxy) is 3. The summed E-state index contributed by atoms with van der Waals surface area (Å²) in [4.78, 5) is 32.7. The molecule has 2 aliphatic rings. The summed E-state index contributed by atoms with van der Waals surface area (Å²) in [6.07, 6.45) is 1.59. The van der Waals surface area contributed by atoms with Crippen LogP contribution < -0.4 is 9.47 Å². The van der Waals surface area contributed by atoms with Crippen LogP contribution in [0.5, 0.6) is 11.5 Å². The maximum absolute atomic E-state index is 13.7. The van der Waals surface area contributed by atoms with Crippen LogP contribution in [0.2, 0.25) is 0 Å². The zero-order valence-corrected chi connectivity index (χ0v) is 20.7. The third kappa shape index (κ3) is 6.49. The smallest absolute Gasteiger partial charge is 0.254 e. The average Bonchev–Trinajstić information content (AvgIpc) is 3.63. The molecule has 9 nitrogen and oxygen atoms in total. The Bertz CT molecular complexity index is 1180. The van der Waals surface area contributed by atoms with E-state index in [2.05, 4.69) is 4.90 Å². The quantitative estimate of drug-likeness (QED) is 0.419. The number of furan rings is 1. The highest BCUT2D eigenvalue weighted by Crippen LogP contribution is 2.33. The van der Waals surface area contributed by atoms with E-state index in [0.29, 0.717) is 55.7 Å². The van der Waals surface area contributed by atoms with Gasteiger partial charge in [-0.25, -0.2) is 0 Å². The van der Waals surface area contributed by atoms with Gasteiger partial charge < -0.3 is 28.4 Å². The van der Waals surface area contributed by atoms with Crippen LogP contribution in [0.3, 0.4) is 0 Å². The van der Waals surface area contributed by atoms with Gasteiger partial charge in [-0.3, -0.25) is 14.5 Å². The molecule has 5 rings (SSSR count). The first-order valence-corrected chi connectivity index (χ1v) is 12.5. The number of hydrogen-bond donors (Lipinski definition) is 0. The number of fused-ring (bicyclic) bond motifs is 1. The molecule has 0 spiro atoms. The molecule has 1 aromatic heterocycles. The summed E-state index contributed by atoms with van der Waals surface area (Å²) < 4.78 is 21.9. The molecule has 0 unspecified atom stereocenters. The number of carbonyl (C=O) groups excluding carboxylic acids is 2. The molecule has 37 heavy (non-hydrogen) atoms. The Balaban J connectivity index is 1.33. The van der Waals surface area contributed by atoms with Crippen molar-refractivity contribution < 1.29 is 28.2 Å². The minimum Gasteiger partial charge on any atom is -0.467 e. The zero-order valence-electron chi connectivity index (χ0n) is 20.7. The molecule has 1 fully saturated rings. The molecule has 0 radical (unpaired) electrons. The fourth-order valence-corrected chi connectivity index (χ4v) is 4.45. The molecule has 194 valence electrons. The molecule has 2 aromatic carbocycles. The highest BCUT2D eigenvalue weighted by atomic mass is 16.7. The number of nitrogens with zero attached hydrogens (tertiary/aromatic N) is 3. The van der Waals surface area contributed by atoms with Gasteiger partial charge in [-0.15, -0.1) is 0 Å². The van der Waals surface area contributed by atoms with E-state index in [9.17, 15) is 9.59 Å². The minimum absolute atomic E-state index is 0.0384. The average molecular weight is 506 g/mol. The summed E-state index contributed by atoms with van der Waals surface area (Å²) in [5.74, 6) is 1.69. The van der Waals surface area contributed by atoms with Gasteiger partial charge in [-0.05, 0) is 42.0 Å². The number of morpholine rings is 1.